The highest BCUT2D eigenvalue weighted by atomic mass is 35.5. The van der Waals surface area contributed by atoms with Crippen LogP contribution in [0.5, 0.6) is 5.75 Å². The van der Waals surface area contributed by atoms with E-state index in [1.165, 1.54) is 11.1 Å². The van der Waals surface area contributed by atoms with Crippen LogP contribution in [0, 0.1) is 28.1 Å². The zero-order valence-electron chi connectivity index (χ0n) is 32.0. The summed E-state index contributed by atoms with van der Waals surface area (Å²) in [5.41, 5.74) is 4.18. The van der Waals surface area contributed by atoms with Gasteiger partial charge in [-0.3, -0.25) is 39.1 Å². The van der Waals surface area contributed by atoms with E-state index in [-0.39, 0.29) is 47.3 Å². The molecule has 0 spiro atoms. The van der Waals surface area contributed by atoms with Gasteiger partial charge in [-0.2, -0.15) is 5.26 Å². The molecule has 2 N–H and O–H groups in total. The predicted molar refractivity (Wildman–Crippen MR) is 208 cm³/mol. The van der Waals surface area contributed by atoms with Crippen molar-refractivity contribution in [3.63, 3.8) is 0 Å². The van der Waals surface area contributed by atoms with Gasteiger partial charge < -0.3 is 15.0 Å². The number of hydrogen-bond donors (Lipinski definition) is 2. The highest BCUT2D eigenvalue weighted by molar-refractivity contribution is 6.31. The first-order valence-electron chi connectivity index (χ1n) is 19.3. The fourth-order valence-corrected chi connectivity index (χ4v) is 10.2. The molecule has 1 saturated carbocycles. The number of nitrogens with one attached hydrogen (secondary N) is 2. The maximum Gasteiger partial charge on any atom is 0.262 e. The second-order valence-corrected chi connectivity index (χ2v) is 17.5. The van der Waals surface area contributed by atoms with Gasteiger partial charge in [-0.25, -0.2) is 0 Å². The first-order chi connectivity index (χ1) is 26.6. The number of nitrogens with zero attached hydrogens (tertiary/aromatic N) is 4. The molecule has 3 fully saturated rings. The number of piperidine rings is 2. The molecule has 4 aliphatic heterocycles. The second-order valence-electron chi connectivity index (χ2n) is 17.1. The van der Waals surface area contributed by atoms with Crippen molar-refractivity contribution in [2.24, 2.45) is 16.7 Å². The first-order valence-corrected chi connectivity index (χ1v) is 19.7. The van der Waals surface area contributed by atoms with E-state index in [4.69, 9.17) is 16.3 Å². The summed E-state index contributed by atoms with van der Waals surface area (Å²) in [6.07, 6.45) is 1.97. The van der Waals surface area contributed by atoms with Crippen molar-refractivity contribution < 1.29 is 28.7 Å². The van der Waals surface area contributed by atoms with Crippen molar-refractivity contribution in [2.75, 3.05) is 24.5 Å². The van der Waals surface area contributed by atoms with Crippen molar-refractivity contribution in [1.29, 1.82) is 5.26 Å². The molecule has 290 valence electrons. The van der Waals surface area contributed by atoms with E-state index in [0.717, 1.165) is 56.2 Å². The fraction of sp³-hybridized carbons (Fsp3) is 0.442. The Morgan fingerprint density at radius 2 is 1.62 bits per heavy atom. The summed E-state index contributed by atoms with van der Waals surface area (Å²) in [7, 11) is 0. The zero-order valence-corrected chi connectivity index (χ0v) is 32.7. The minimum atomic E-state index is -0.982. The Bertz CT molecular complexity index is 2210. The van der Waals surface area contributed by atoms with Crippen molar-refractivity contribution in [3.8, 4) is 11.8 Å². The van der Waals surface area contributed by atoms with Crippen LogP contribution in [-0.2, 0) is 22.7 Å². The molecule has 5 aliphatic rings. The summed E-state index contributed by atoms with van der Waals surface area (Å²) in [5.74, 6) is -1.03. The van der Waals surface area contributed by atoms with Gasteiger partial charge in [-0.15, -0.1) is 0 Å². The maximum absolute atomic E-state index is 13.7. The van der Waals surface area contributed by atoms with E-state index >= 15 is 0 Å². The van der Waals surface area contributed by atoms with Crippen molar-refractivity contribution in [2.45, 2.75) is 84.7 Å². The van der Waals surface area contributed by atoms with E-state index in [2.05, 4.69) is 60.3 Å². The zero-order chi connectivity index (χ0) is 39.7. The highest BCUT2D eigenvalue weighted by Crippen LogP contribution is 2.55. The average molecular weight is 777 g/mol. The standard InChI is InChI=1S/C43H45ClN6O6/c1-42(2)40(43(3,4)41(42)56-30-9-7-26(20-45)33(44)19-30)47-36(52)25-5-6-27-22-48(23-28(27)17-25)21-24-13-15-49(16-14-24)29-8-10-31-32(18-29)39(55)50(38(31)54)34-11-12-35(51)46-37(34)53/h5-10,17-19,24,34,40-41H,11-16,21-23H2,1-4H3,(H,47,52)(H,46,51,53)/t34?,40-,41-. The molecule has 3 aromatic carbocycles. The molecule has 4 heterocycles. The van der Waals surface area contributed by atoms with Crippen LogP contribution in [0.15, 0.2) is 54.6 Å². The molecule has 1 aliphatic carbocycles. The van der Waals surface area contributed by atoms with E-state index in [1.807, 2.05) is 18.2 Å². The lowest BCUT2D eigenvalue weighted by atomic mass is 9.49. The number of carbonyl (C=O) groups is 5. The highest BCUT2D eigenvalue weighted by Gasteiger charge is 2.64. The number of hydrogen-bond acceptors (Lipinski definition) is 9. The molecule has 0 radical (unpaired) electrons. The van der Waals surface area contributed by atoms with Crippen LogP contribution in [-0.4, -0.2) is 77.2 Å². The number of fused-ring (bicyclic) bond motifs is 2. The molecule has 0 bridgehead atoms. The van der Waals surface area contributed by atoms with Gasteiger partial charge in [0.05, 0.1) is 21.7 Å². The van der Waals surface area contributed by atoms with Crippen LogP contribution in [0.1, 0.15) is 101 Å². The molecule has 56 heavy (non-hydrogen) atoms. The molecule has 2 saturated heterocycles. The van der Waals surface area contributed by atoms with E-state index in [1.54, 1.807) is 30.3 Å². The molecule has 5 amide bonds. The molecular weight excluding hydrogens is 732 g/mol. The summed E-state index contributed by atoms with van der Waals surface area (Å²) in [6, 6.07) is 17.4. The number of carbonyl (C=O) groups excluding carboxylic acids is 5. The number of amides is 5. The number of benzene rings is 3. The van der Waals surface area contributed by atoms with Crippen LogP contribution < -0.4 is 20.3 Å². The Hall–Kier alpha value is -5.25. The molecule has 8 rings (SSSR count). The Morgan fingerprint density at radius 1 is 0.911 bits per heavy atom. The summed E-state index contributed by atoms with van der Waals surface area (Å²) < 4.78 is 6.40. The molecule has 1 atom stereocenters. The molecule has 12 nitrogen and oxygen atoms in total. The van der Waals surface area contributed by atoms with Gasteiger partial charge in [0.25, 0.3) is 17.7 Å². The average Bonchev–Trinajstić information content (AvgIpc) is 3.68. The third-order valence-corrected chi connectivity index (χ3v) is 12.9. The Balaban J connectivity index is 0.840. The lowest BCUT2D eigenvalue weighted by Gasteiger charge is -2.63. The Labute approximate surface area is 331 Å². The van der Waals surface area contributed by atoms with Gasteiger partial charge in [0.1, 0.15) is 24.0 Å². The molecule has 13 heteroatoms. The fourth-order valence-electron chi connectivity index (χ4n) is 9.94. The maximum atomic E-state index is 13.7. The van der Waals surface area contributed by atoms with Gasteiger partial charge in [0.2, 0.25) is 11.8 Å². The SMILES string of the molecule is CC1(C)[C@H](NC(=O)c2ccc3c(c2)CN(CC2CCN(c4ccc5c(c4)C(=O)N(C4CCC(=O)NC4=O)C5=O)CC2)C3)C(C)(C)[C@H]1Oc1ccc(C#N)c(Cl)c1. The van der Waals surface area contributed by atoms with Crippen LogP contribution in [0.25, 0.3) is 0 Å². The third kappa shape index (κ3) is 6.50. The van der Waals surface area contributed by atoms with E-state index in [9.17, 15) is 29.2 Å². The van der Waals surface area contributed by atoms with E-state index < -0.39 is 29.7 Å². The number of halogens is 1. The summed E-state index contributed by atoms with van der Waals surface area (Å²) >= 11 is 6.26. The second kappa shape index (κ2) is 14.0. The van der Waals surface area contributed by atoms with Crippen LogP contribution in [0.2, 0.25) is 5.02 Å². The minimum absolute atomic E-state index is 0.0850. The third-order valence-electron chi connectivity index (χ3n) is 12.6. The Morgan fingerprint density at radius 3 is 2.32 bits per heavy atom. The lowest BCUT2D eigenvalue weighted by Crippen LogP contribution is -2.74. The summed E-state index contributed by atoms with van der Waals surface area (Å²) in [5, 5.41) is 15.1. The smallest absolute Gasteiger partial charge is 0.262 e. The van der Waals surface area contributed by atoms with Gasteiger partial charge in [-0.1, -0.05) is 45.4 Å². The topological polar surface area (TPSA) is 152 Å². The minimum Gasteiger partial charge on any atom is -0.489 e. The quantitative estimate of drug-likeness (QED) is 0.285. The van der Waals surface area contributed by atoms with Gasteiger partial charge in [0.15, 0.2) is 0 Å². The van der Waals surface area contributed by atoms with Crippen LogP contribution in [0.3, 0.4) is 0 Å². The molecule has 1 unspecified atom stereocenters. The van der Waals surface area contributed by atoms with Gasteiger partial charge in [0, 0.05) is 73.3 Å². The normalized spacial score (nSPS) is 24.2. The largest absolute Gasteiger partial charge is 0.489 e. The van der Waals surface area contributed by atoms with Gasteiger partial charge in [-0.05, 0) is 78.8 Å². The van der Waals surface area contributed by atoms with Crippen molar-refractivity contribution >= 4 is 46.8 Å². The summed E-state index contributed by atoms with van der Waals surface area (Å²) in [6.45, 7) is 12.6. The molecule has 0 aromatic heterocycles. The molecule has 3 aromatic rings. The number of anilines is 1. The number of nitriles is 1. The van der Waals surface area contributed by atoms with Crippen molar-refractivity contribution in [3.05, 3.63) is 93.0 Å². The predicted octanol–water partition coefficient (Wildman–Crippen LogP) is 5.46. The monoisotopic (exact) mass is 776 g/mol. The summed E-state index contributed by atoms with van der Waals surface area (Å²) in [4.78, 5) is 69.9. The molecular formula is C43H45ClN6O6. The van der Waals surface area contributed by atoms with Crippen LogP contribution in [0.4, 0.5) is 5.69 Å². The number of ether oxygens (including phenoxy) is 1. The van der Waals surface area contributed by atoms with Gasteiger partial charge >= 0.3 is 0 Å². The first kappa shape index (κ1) is 37.7. The van der Waals surface area contributed by atoms with Crippen molar-refractivity contribution in [1.82, 2.24) is 20.4 Å². The Kier molecular flexibility index (Phi) is 9.45. The number of imide groups is 2. The number of rotatable bonds is 8. The van der Waals surface area contributed by atoms with E-state index in [0.29, 0.717) is 33.4 Å². The lowest BCUT2D eigenvalue weighted by molar-refractivity contribution is -0.164. The van der Waals surface area contributed by atoms with Crippen LogP contribution >= 0.6 is 11.6 Å².